The quantitative estimate of drug-likeness (QED) is 0.684. The zero-order valence-corrected chi connectivity index (χ0v) is 18.7. The van der Waals surface area contributed by atoms with Gasteiger partial charge in [-0.3, -0.25) is 19.4 Å². The van der Waals surface area contributed by atoms with Crippen molar-refractivity contribution in [3.8, 4) is 0 Å². The predicted octanol–water partition coefficient (Wildman–Crippen LogP) is 2.78. The number of anilines is 1. The Bertz CT molecular complexity index is 883. The Morgan fingerprint density at radius 1 is 1.17 bits per heavy atom. The minimum atomic E-state index is -0.287. The highest BCUT2D eigenvalue weighted by molar-refractivity contribution is 7.07. The number of halogens is 1. The molecule has 0 bridgehead atoms. The van der Waals surface area contributed by atoms with Gasteiger partial charge in [-0.15, -0.1) is 0 Å². The number of amides is 2. The molecule has 0 aliphatic carbocycles. The first kappa shape index (κ1) is 21.3. The van der Waals surface area contributed by atoms with Crippen molar-refractivity contribution >= 4 is 40.4 Å². The number of likely N-dealkylation sites (N-methyl/N-ethyl adjacent to an activating group) is 1. The molecule has 30 heavy (non-hydrogen) atoms. The van der Waals surface area contributed by atoms with Gasteiger partial charge in [-0.2, -0.15) is 11.3 Å². The van der Waals surface area contributed by atoms with E-state index < -0.39 is 0 Å². The van der Waals surface area contributed by atoms with Crippen LogP contribution in [-0.2, 0) is 16.1 Å². The van der Waals surface area contributed by atoms with Crippen molar-refractivity contribution in [2.45, 2.75) is 19.0 Å². The molecule has 4 rings (SSSR count). The van der Waals surface area contributed by atoms with Crippen molar-refractivity contribution in [1.29, 1.82) is 0 Å². The lowest BCUT2D eigenvalue weighted by atomic mass is 10.2. The molecular weight excluding hydrogens is 420 g/mol. The molecule has 6 nitrogen and oxygen atoms in total. The van der Waals surface area contributed by atoms with Gasteiger partial charge in [0.1, 0.15) is 0 Å². The highest BCUT2D eigenvalue weighted by atomic mass is 35.5. The zero-order chi connectivity index (χ0) is 21.1. The second-order valence-corrected chi connectivity index (χ2v) is 9.14. The van der Waals surface area contributed by atoms with E-state index in [-0.39, 0.29) is 24.4 Å². The van der Waals surface area contributed by atoms with E-state index in [1.165, 1.54) is 5.56 Å². The normalized spacial score (nSPS) is 20.4. The van der Waals surface area contributed by atoms with E-state index in [9.17, 15) is 9.59 Å². The van der Waals surface area contributed by atoms with Crippen LogP contribution >= 0.6 is 22.9 Å². The predicted molar refractivity (Wildman–Crippen MR) is 121 cm³/mol. The molecule has 1 aromatic heterocycles. The number of thiophene rings is 1. The topological polar surface area (TPSA) is 47.1 Å². The Kier molecular flexibility index (Phi) is 6.73. The summed E-state index contributed by atoms with van der Waals surface area (Å²) in [5, 5.41) is 4.85. The number of carbonyl (C=O) groups is 2. The average molecular weight is 447 g/mol. The molecule has 2 aliphatic heterocycles. The molecule has 0 radical (unpaired) electrons. The molecule has 3 heterocycles. The number of piperazine rings is 1. The van der Waals surface area contributed by atoms with Gasteiger partial charge in [-0.1, -0.05) is 23.7 Å². The Hall–Kier alpha value is -1.93. The van der Waals surface area contributed by atoms with Crippen LogP contribution in [0.5, 0.6) is 0 Å². The van der Waals surface area contributed by atoms with Crippen molar-refractivity contribution in [2.24, 2.45) is 0 Å². The second-order valence-electron chi connectivity index (χ2n) is 7.95. The summed E-state index contributed by atoms with van der Waals surface area (Å²) in [7, 11) is 1.86. The van der Waals surface area contributed by atoms with Crippen LogP contribution in [0.3, 0.4) is 0 Å². The number of nitrogens with zero attached hydrogens (tertiary/aromatic N) is 4. The van der Waals surface area contributed by atoms with Crippen molar-refractivity contribution in [1.82, 2.24) is 14.7 Å². The zero-order valence-electron chi connectivity index (χ0n) is 17.2. The largest absolute Gasteiger partial charge is 0.339 e. The maximum atomic E-state index is 12.9. The number of hydrogen-bond acceptors (Lipinski definition) is 5. The summed E-state index contributed by atoms with van der Waals surface area (Å²) in [5.41, 5.74) is 2.08. The van der Waals surface area contributed by atoms with Crippen LogP contribution in [0.4, 0.5) is 5.69 Å². The molecule has 160 valence electrons. The molecule has 1 aromatic carbocycles. The highest BCUT2D eigenvalue weighted by Gasteiger charge is 2.37. The minimum absolute atomic E-state index is 0.0129. The summed E-state index contributed by atoms with van der Waals surface area (Å²) < 4.78 is 0. The number of para-hydroxylation sites is 1. The lowest BCUT2D eigenvalue weighted by Crippen LogP contribution is -2.52. The summed E-state index contributed by atoms with van der Waals surface area (Å²) in [4.78, 5) is 33.7. The van der Waals surface area contributed by atoms with Crippen molar-refractivity contribution in [3.63, 3.8) is 0 Å². The van der Waals surface area contributed by atoms with Gasteiger partial charge in [-0.05, 0) is 48.0 Å². The Morgan fingerprint density at radius 3 is 2.63 bits per heavy atom. The first-order chi connectivity index (χ1) is 14.5. The van der Waals surface area contributed by atoms with Crippen LogP contribution in [-0.4, -0.2) is 78.9 Å². The van der Waals surface area contributed by atoms with Crippen LogP contribution in [0.25, 0.3) is 0 Å². The van der Waals surface area contributed by atoms with Crippen molar-refractivity contribution in [2.75, 3.05) is 51.2 Å². The molecule has 2 aliphatic rings. The number of hydrogen-bond donors (Lipinski definition) is 0. The molecule has 2 amide bonds. The number of carbonyl (C=O) groups excluding carboxylic acids is 2. The van der Waals surface area contributed by atoms with E-state index in [0.717, 1.165) is 38.4 Å². The fraction of sp³-hybridized carbons (Fsp3) is 0.455. The maximum absolute atomic E-state index is 12.9. The maximum Gasteiger partial charge on any atom is 0.244 e. The monoisotopic (exact) mass is 446 g/mol. The fourth-order valence-corrected chi connectivity index (χ4v) is 5.10. The number of rotatable bonds is 6. The third-order valence-electron chi connectivity index (χ3n) is 5.95. The molecule has 1 unspecified atom stereocenters. The van der Waals surface area contributed by atoms with Crippen LogP contribution in [0, 0.1) is 0 Å². The van der Waals surface area contributed by atoms with Crippen LogP contribution in [0.15, 0.2) is 41.1 Å². The van der Waals surface area contributed by atoms with E-state index in [0.29, 0.717) is 18.0 Å². The molecule has 0 saturated carbocycles. The van der Waals surface area contributed by atoms with Crippen molar-refractivity contribution in [3.05, 3.63) is 51.7 Å². The van der Waals surface area contributed by atoms with E-state index >= 15 is 0 Å². The number of benzene rings is 1. The van der Waals surface area contributed by atoms with E-state index in [4.69, 9.17) is 11.6 Å². The van der Waals surface area contributed by atoms with Crippen molar-refractivity contribution < 1.29 is 9.59 Å². The minimum Gasteiger partial charge on any atom is -0.339 e. The summed E-state index contributed by atoms with van der Waals surface area (Å²) in [6, 6.07) is 9.26. The lowest BCUT2D eigenvalue weighted by Gasteiger charge is -2.35. The standard InChI is InChI=1S/C22H27ClN4O2S/c1-24(20-6-8-27(22(20)29)19-5-3-2-4-18(19)23)15-21(28)26-11-9-25(10-12-26)14-17-7-13-30-16-17/h2-5,7,13,16,20H,6,8-12,14-15H2,1H3. The van der Waals surface area contributed by atoms with E-state index in [1.54, 1.807) is 22.3 Å². The van der Waals surface area contributed by atoms with Gasteiger partial charge in [0.2, 0.25) is 11.8 Å². The first-order valence-electron chi connectivity index (χ1n) is 10.3. The van der Waals surface area contributed by atoms with Gasteiger partial charge in [0, 0.05) is 39.3 Å². The molecule has 2 aromatic rings. The molecule has 0 N–H and O–H groups in total. The van der Waals surface area contributed by atoms with Gasteiger partial charge >= 0.3 is 0 Å². The van der Waals surface area contributed by atoms with Gasteiger partial charge < -0.3 is 9.80 Å². The first-order valence-corrected chi connectivity index (χ1v) is 11.6. The molecule has 1 atom stereocenters. The third kappa shape index (κ3) is 4.70. The Balaban J connectivity index is 1.28. The van der Waals surface area contributed by atoms with E-state index in [1.807, 2.05) is 35.0 Å². The van der Waals surface area contributed by atoms with Gasteiger partial charge in [0.05, 0.1) is 23.3 Å². The average Bonchev–Trinajstić information content (AvgIpc) is 3.38. The highest BCUT2D eigenvalue weighted by Crippen LogP contribution is 2.30. The van der Waals surface area contributed by atoms with Crippen LogP contribution in [0.1, 0.15) is 12.0 Å². The lowest BCUT2D eigenvalue weighted by molar-refractivity contribution is -0.135. The molecule has 2 fully saturated rings. The molecule has 8 heteroatoms. The molecular formula is C22H27ClN4O2S. The summed E-state index contributed by atoms with van der Waals surface area (Å²) >= 11 is 7.98. The summed E-state index contributed by atoms with van der Waals surface area (Å²) in [6.45, 7) is 5.06. The van der Waals surface area contributed by atoms with Gasteiger partial charge in [-0.25, -0.2) is 0 Å². The molecule has 0 spiro atoms. The van der Waals surface area contributed by atoms with E-state index in [2.05, 4.69) is 21.7 Å². The SMILES string of the molecule is CN(CC(=O)N1CCN(Cc2ccsc2)CC1)C1CCN(c2ccccc2Cl)C1=O. The molecule has 2 saturated heterocycles. The van der Waals surface area contributed by atoms with Gasteiger partial charge in [0.25, 0.3) is 0 Å². The van der Waals surface area contributed by atoms with Crippen LogP contribution in [0.2, 0.25) is 5.02 Å². The second kappa shape index (κ2) is 9.47. The smallest absolute Gasteiger partial charge is 0.244 e. The fourth-order valence-electron chi connectivity index (χ4n) is 4.20. The summed E-state index contributed by atoms with van der Waals surface area (Å²) in [6.07, 6.45) is 0.697. The Morgan fingerprint density at radius 2 is 1.93 bits per heavy atom. The van der Waals surface area contributed by atoms with Crippen LogP contribution < -0.4 is 4.90 Å². The summed E-state index contributed by atoms with van der Waals surface area (Å²) in [5.74, 6) is 0.107. The Labute approximate surface area is 186 Å². The third-order valence-corrected chi connectivity index (χ3v) is 7.00. The van der Waals surface area contributed by atoms with Gasteiger partial charge in [0.15, 0.2) is 0 Å².